The summed E-state index contributed by atoms with van der Waals surface area (Å²) in [5.74, 6) is 0.157. The number of aliphatic hydroxyl groups is 1. The van der Waals surface area contributed by atoms with E-state index in [1.165, 1.54) is 12.8 Å². The maximum Gasteiger partial charge on any atom is 0.249 e. The smallest absolute Gasteiger partial charge is 0.249 e. The van der Waals surface area contributed by atoms with Gasteiger partial charge >= 0.3 is 0 Å². The van der Waals surface area contributed by atoms with Crippen LogP contribution >= 0.6 is 0 Å². The molecule has 3 N–H and O–H groups in total. The van der Waals surface area contributed by atoms with E-state index < -0.39 is 6.23 Å². The van der Waals surface area contributed by atoms with E-state index >= 15 is 0 Å². The molecule has 0 bridgehead atoms. The van der Waals surface area contributed by atoms with Gasteiger partial charge in [-0.15, -0.1) is 0 Å². The number of nitrogens with zero attached hydrogens (tertiary/aromatic N) is 2. The standard InChI is InChI=1S/C25H34N4O2/c1-16(2)26-24(30)18-9-11-19(12-10-18)27-20-13-14-22-23(15-20)29(21-7-5-6-8-21)17(3)25(31)28(22)4/h9-17,21,24,26-27,30H,5-8H2,1-4H3. The molecule has 1 heterocycles. The normalized spacial score (nSPS) is 20.3. The number of benzene rings is 2. The van der Waals surface area contributed by atoms with Crippen molar-refractivity contribution in [3.63, 3.8) is 0 Å². The Bertz CT molecular complexity index is 922. The summed E-state index contributed by atoms with van der Waals surface area (Å²) in [6, 6.07) is 14.5. The van der Waals surface area contributed by atoms with Crippen LogP contribution in [0, 0.1) is 0 Å². The van der Waals surface area contributed by atoms with Crippen molar-refractivity contribution >= 4 is 28.7 Å². The van der Waals surface area contributed by atoms with E-state index in [1.807, 2.05) is 64.2 Å². The van der Waals surface area contributed by atoms with Gasteiger partial charge in [-0.2, -0.15) is 0 Å². The first-order chi connectivity index (χ1) is 14.8. The van der Waals surface area contributed by atoms with Crippen molar-refractivity contribution in [3.05, 3.63) is 48.0 Å². The van der Waals surface area contributed by atoms with Crippen molar-refractivity contribution in [1.82, 2.24) is 5.32 Å². The van der Waals surface area contributed by atoms with Gasteiger partial charge in [0, 0.05) is 30.5 Å². The number of rotatable bonds is 6. The van der Waals surface area contributed by atoms with Crippen molar-refractivity contribution < 1.29 is 9.90 Å². The van der Waals surface area contributed by atoms with Gasteiger partial charge in [0.1, 0.15) is 12.3 Å². The Kier molecular flexibility index (Phi) is 6.21. The molecule has 0 aromatic heterocycles. The fourth-order valence-corrected chi connectivity index (χ4v) is 4.84. The molecule has 1 fully saturated rings. The molecule has 2 aromatic rings. The molecule has 0 spiro atoms. The van der Waals surface area contributed by atoms with Crippen molar-refractivity contribution in [1.29, 1.82) is 0 Å². The molecular weight excluding hydrogens is 388 g/mol. The zero-order valence-corrected chi connectivity index (χ0v) is 18.9. The zero-order valence-electron chi connectivity index (χ0n) is 18.9. The lowest BCUT2D eigenvalue weighted by Crippen LogP contribution is -2.54. The van der Waals surface area contributed by atoms with Gasteiger partial charge in [0.05, 0.1) is 11.4 Å². The van der Waals surface area contributed by atoms with Crippen molar-refractivity contribution in [2.24, 2.45) is 0 Å². The summed E-state index contributed by atoms with van der Waals surface area (Å²) in [6.07, 6.45) is 4.08. The van der Waals surface area contributed by atoms with Gasteiger partial charge in [0.2, 0.25) is 5.91 Å². The zero-order chi connectivity index (χ0) is 22.1. The fourth-order valence-electron chi connectivity index (χ4n) is 4.84. The summed E-state index contributed by atoms with van der Waals surface area (Å²) >= 11 is 0. The van der Waals surface area contributed by atoms with Gasteiger partial charge in [-0.3, -0.25) is 10.1 Å². The van der Waals surface area contributed by atoms with E-state index in [0.717, 1.165) is 41.2 Å². The van der Waals surface area contributed by atoms with Crippen LogP contribution in [-0.2, 0) is 4.79 Å². The van der Waals surface area contributed by atoms with E-state index in [9.17, 15) is 9.90 Å². The average molecular weight is 423 g/mol. The number of likely N-dealkylation sites (N-methyl/N-ethyl adjacent to an activating group) is 1. The predicted octanol–water partition coefficient (Wildman–Crippen LogP) is 4.53. The first kappa shape index (κ1) is 21.7. The van der Waals surface area contributed by atoms with E-state index in [-0.39, 0.29) is 18.0 Å². The molecule has 1 aliphatic carbocycles. The van der Waals surface area contributed by atoms with Gasteiger partial charge in [-0.25, -0.2) is 0 Å². The number of carbonyl (C=O) groups excluding carboxylic acids is 1. The number of aliphatic hydroxyl groups excluding tert-OH is 1. The summed E-state index contributed by atoms with van der Waals surface area (Å²) in [4.78, 5) is 17.0. The quantitative estimate of drug-likeness (QED) is 0.597. The SMILES string of the molecule is CC(C)NC(O)c1ccc(Nc2ccc3c(c2)N(C2CCCC2)C(C)C(=O)N3C)cc1. The lowest BCUT2D eigenvalue weighted by atomic mass is 10.0. The monoisotopic (exact) mass is 422 g/mol. The highest BCUT2D eigenvalue weighted by atomic mass is 16.3. The van der Waals surface area contributed by atoms with Gasteiger partial charge in [-0.1, -0.05) is 25.0 Å². The van der Waals surface area contributed by atoms with Crippen LogP contribution in [0.4, 0.5) is 22.7 Å². The third-order valence-corrected chi connectivity index (χ3v) is 6.44. The van der Waals surface area contributed by atoms with Crippen molar-refractivity contribution in [3.8, 4) is 0 Å². The molecule has 0 radical (unpaired) electrons. The highest BCUT2D eigenvalue weighted by Crippen LogP contribution is 2.42. The van der Waals surface area contributed by atoms with Crippen LogP contribution in [0.5, 0.6) is 0 Å². The molecule has 31 heavy (non-hydrogen) atoms. The number of amides is 1. The number of hydrogen-bond acceptors (Lipinski definition) is 5. The fraction of sp³-hybridized carbons (Fsp3) is 0.480. The van der Waals surface area contributed by atoms with Gasteiger partial charge in [-0.05, 0) is 69.5 Å². The van der Waals surface area contributed by atoms with Crippen LogP contribution in [0.3, 0.4) is 0 Å². The summed E-state index contributed by atoms with van der Waals surface area (Å²) in [5, 5.41) is 16.8. The lowest BCUT2D eigenvalue weighted by molar-refractivity contribution is -0.119. The minimum atomic E-state index is -0.674. The molecule has 2 unspecified atom stereocenters. The Hall–Kier alpha value is -2.57. The van der Waals surface area contributed by atoms with Crippen molar-refractivity contribution in [2.75, 3.05) is 22.2 Å². The second-order valence-electron chi connectivity index (χ2n) is 9.09. The largest absolute Gasteiger partial charge is 0.374 e. The highest BCUT2D eigenvalue weighted by Gasteiger charge is 2.38. The minimum absolute atomic E-state index is 0.148. The molecule has 6 nitrogen and oxygen atoms in total. The Morgan fingerprint density at radius 1 is 1.00 bits per heavy atom. The van der Waals surface area contributed by atoms with Crippen LogP contribution < -0.4 is 20.4 Å². The molecule has 2 aromatic carbocycles. The van der Waals surface area contributed by atoms with Gasteiger partial charge < -0.3 is 20.2 Å². The molecular formula is C25H34N4O2. The molecule has 1 aliphatic heterocycles. The number of carbonyl (C=O) groups is 1. The Labute approximate surface area is 185 Å². The lowest BCUT2D eigenvalue weighted by Gasteiger charge is -2.43. The second-order valence-corrected chi connectivity index (χ2v) is 9.09. The number of nitrogens with one attached hydrogen (secondary N) is 2. The predicted molar refractivity (Wildman–Crippen MR) is 127 cm³/mol. The third-order valence-electron chi connectivity index (χ3n) is 6.44. The molecule has 1 amide bonds. The van der Waals surface area contributed by atoms with Crippen LogP contribution in [-0.4, -0.2) is 36.2 Å². The molecule has 166 valence electrons. The first-order valence-corrected chi connectivity index (χ1v) is 11.4. The molecule has 0 saturated heterocycles. The van der Waals surface area contributed by atoms with Crippen LogP contribution in [0.2, 0.25) is 0 Å². The Morgan fingerprint density at radius 2 is 1.65 bits per heavy atom. The van der Waals surface area contributed by atoms with E-state index in [2.05, 4.69) is 21.6 Å². The van der Waals surface area contributed by atoms with E-state index in [1.54, 1.807) is 4.90 Å². The van der Waals surface area contributed by atoms with Crippen molar-refractivity contribution in [2.45, 2.75) is 70.8 Å². The second kappa shape index (κ2) is 8.89. The van der Waals surface area contributed by atoms with Gasteiger partial charge in [0.25, 0.3) is 0 Å². The number of fused-ring (bicyclic) bond motifs is 1. The molecule has 4 rings (SSSR count). The van der Waals surface area contributed by atoms with Gasteiger partial charge in [0.15, 0.2) is 0 Å². The average Bonchev–Trinajstić information content (AvgIpc) is 3.26. The molecule has 1 saturated carbocycles. The summed E-state index contributed by atoms with van der Waals surface area (Å²) < 4.78 is 0. The highest BCUT2D eigenvalue weighted by molar-refractivity contribution is 6.05. The molecule has 2 atom stereocenters. The third kappa shape index (κ3) is 4.41. The minimum Gasteiger partial charge on any atom is -0.374 e. The maximum absolute atomic E-state index is 12.8. The molecule has 6 heteroatoms. The summed E-state index contributed by atoms with van der Waals surface area (Å²) in [5.41, 5.74) is 4.89. The Balaban J connectivity index is 1.58. The van der Waals surface area contributed by atoms with E-state index in [4.69, 9.17) is 0 Å². The number of hydrogen-bond donors (Lipinski definition) is 3. The summed E-state index contributed by atoms with van der Waals surface area (Å²) in [6.45, 7) is 6.04. The number of anilines is 4. The summed E-state index contributed by atoms with van der Waals surface area (Å²) in [7, 11) is 1.87. The Morgan fingerprint density at radius 3 is 2.29 bits per heavy atom. The van der Waals surface area contributed by atoms with Crippen LogP contribution in [0.15, 0.2) is 42.5 Å². The topological polar surface area (TPSA) is 67.8 Å². The first-order valence-electron chi connectivity index (χ1n) is 11.4. The maximum atomic E-state index is 12.8. The molecule has 2 aliphatic rings. The van der Waals surface area contributed by atoms with Crippen LogP contribution in [0.25, 0.3) is 0 Å². The van der Waals surface area contributed by atoms with Crippen LogP contribution in [0.1, 0.15) is 58.2 Å². The van der Waals surface area contributed by atoms with E-state index in [0.29, 0.717) is 6.04 Å².